The normalized spacial score (nSPS) is 10.8. The van der Waals surface area contributed by atoms with Crippen LogP contribution in [0.5, 0.6) is 11.5 Å². The monoisotopic (exact) mass is 390 g/mol. The zero-order chi connectivity index (χ0) is 20.4. The summed E-state index contributed by atoms with van der Waals surface area (Å²) in [6.07, 6.45) is 1.71. The summed E-state index contributed by atoms with van der Waals surface area (Å²) in [5.74, 6) is 1.29. The second-order valence-electron chi connectivity index (χ2n) is 6.45. The minimum Gasteiger partial charge on any atom is -0.497 e. The fourth-order valence-corrected chi connectivity index (χ4v) is 2.96. The highest BCUT2D eigenvalue weighted by molar-refractivity contribution is 5.94. The number of ether oxygens (including phenoxy) is 2. The lowest BCUT2D eigenvalue weighted by atomic mass is 10.1. The van der Waals surface area contributed by atoms with Gasteiger partial charge in [-0.25, -0.2) is 4.68 Å². The first-order chi connectivity index (χ1) is 14.0. The van der Waals surface area contributed by atoms with Crippen molar-refractivity contribution in [1.29, 1.82) is 0 Å². The lowest BCUT2D eigenvalue weighted by Gasteiger charge is -2.07. The second kappa shape index (κ2) is 7.59. The maximum atomic E-state index is 12.0. The van der Waals surface area contributed by atoms with Gasteiger partial charge in [-0.1, -0.05) is 5.21 Å². The van der Waals surface area contributed by atoms with Crippen molar-refractivity contribution >= 4 is 16.7 Å². The lowest BCUT2D eigenvalue weighted by Crippen LogP contribution is -2.09. The quantitative estimate of drug-likeness (QED) is 0.508. The van der Waals surface area contributed by atoms with Gasteiger partial charge in [0.25, 0.3) is 5.56 Å². The van der Waals surface area contributed by atoms with E-state index in [4.69, 9.17) is 9.47 Å². The highest BCUT2D eigenvalue weighted by atomic mass is 16.5. The third-order valence-electron chi connectivity index (χ3n) is 4.46. The number of fused-ring (bicyclic) bond motifs is 1. The highest BCUT2D eigenvalue weighted by Crippen LogP contribution is 2.24. The molecule has 0 saturated carbocycles. The topological polar surface area (TPSA) is 99.1 Å². The van der Waals surface area contributed by atoms with E-state index in [1.165, 1.54) is 17.7 Å². The van der Waals surface area contributed by atoms with Crippen molar-refractivity contribution < 1.29 is 14.3 Å². The van der Waals surface area contributed by atoms with Gasteiger partial charge >= 0.3 is 0 Å². The number of carbonyl (C=O) groups is 1. The van der Waals surface area contributed by atoms with E-state index < -0.39 is 0 Å². The van der Waals surface area contributed by atoms with Gasteiger partial charge in [0.15, 0.2) is 5.78 Å². The number of methoxy groups -OCH3 is 1. The molecule has 146 valence electrons. The largest absolute Gasteiger partial charge is 0.497 e. The Morgan fingerprint density at radius 3 is 2.59 bits per heavy atom. The van der Waals surface area contributed by atoms with Gasteiger partial charge in [0.2, 0.25) is 0 Å². The molecule has 2 aromatic carbocycles. The highest BCUT2D eigenvalue weighted by Gasteiger charge is 2.10. The van der Waals surface area contributed by atoms with Crippen LogP contribution >= 0.6 is 0 Å². The van der Waals surface area contributed by atoms with Crippen LogP contribution in [0.15, 0.2) is 59.5 Å². The third-order valence-corrected chi connectivity index (χ3v) is 4.46. The summed E-state index contributed by atoms with van der Waals surface area (Å²) < 4.78 is 12.5. The van der Waals surface area contributed by atoms with Gasteiger partial charge < -0.3 is 14.5 Å². The zero-order valence-corrected chi connectivity index (χ0v) is 15.9. The molecule has 1 N–H and O–H groups in total. The average Bonchev–Trinajstić information content (AvgIpc) is 3.20. The van der Waals surface area contributed by atoms with Gasteiger partial charge in [-0.3, -0.25) is 9.59 Å². The molecule has 0 fully saturated rings. The number of nitrogens with zero attached hydrogens (tertiary/aromatic N) is 3. The Labute approximate surface area is 165 Å². The Balaban J connectivity index is 1.59. The van der Waals surface area contributed by atoms with Crippen LogP contribution in [-0.4, -0.2) is 32.9 Å². The maximum absolute atomic E-state index is 12.0. The fraction of sp³-hybridized carbons (Fsp3) is 0.143. The van der Waals surface area contributed by atoms with Crippen LogP contribution in [0.1, 0.15) is 23.0 Å². The Kier molecular flexibility index (Phi) is 4.82. The van der Waals surface area contributed by atoms with Crippen LogP contribution in [-0.2, 0) is 6.61 Å². The van der Waals surface area contributed by atoms with Gasteiger partial charge in [-0.15, -0.1) is 5.10 Å². The van der Waals surface area contributed by atoms with Crippen molar-refractivity contribution in [3.8, 4) is 17.2 Å². The number of nitrogens with one attached hydrogen (secondary N) is 1. The molecule has 0 atom stereocenters. The fourth-order valence-electron chi connectivity index (χ4n) is 2.96. The number of aromatic amines is 1. The first-order valence-electron chi connectivity index (χ1n) is 8.90. The summed E-state index contributed by atoms with van der Waals surface area (Å²) in [4.78, 5) is 26.2. The molecule has 0 aliphatic rings. The number of hydrogen-bond donors (Lipinski definition) is 1. The van der Waals surface area contributed by atoms with E-state index in [9.17, 15) is 9.59 Å². The summed E-state index contributed by atoms with van der Waals surface area (Å²) in [7, 11) is 1.58. The van der Waals surface area contributed by atoms with Crippen LogP contribution in [0.4, 0.5) is 0 Å². The van der Waals surface area contributed by atoms with E-state index in [-0.39, 0.29) is 17.9 Å². The molecule has 0 saturated heterocycles. The number of carbonyl (C=O) groups excluding carboxylic acids is 1. The summed E-state index contributed by atoms with van der Waals surface area (Å²) in [6, 6.07) is 13.7. The molecule has 8 nitrogen and oxygen atoms in total. The van der Waals surface area contributed by atoms with Crippen molar-refractivity contribution in [2.24, 2.45) is 0 Å². The van der Waals surface area contributed by atoms with E-state index in [2.05, 4.69) is 15.3 Å². The number of rotatable bonds is 6. The van der Waals surface area contributed by atoms with Crippen LogP contribution in [0.25, 0.3) is 16.6 Å². The van der Waals surface area contributed by atoms with Crippen LogP contribution in [0, 0.1) is 0 Å². The molecule has 4 rings (SSSR count). The summed E-state index contributed by atoms with van der Waals surface area (Å²) in [5.41, 5.74) is 2.24. The van der Waals surface area contributed by atoms with Gasteiger partial charge in [0.05, 0.1) is 24.5 Å². The van der Waals surface area contributed by atoms with Crippen molar-refractivity contribution in [3.63, 3.8) is 0 Å². The minimum atomic E-state index is -0.239. The van der Waals surface area contributed by atoms with Crippen LogP contribution in [0.3, 0.4) is 0 Å². The first-order valence-corrected chi connectivity index (χ1v) is 8.90. The van der Waals surface area contributed by atoms with Crippen LogP contribution < -0.4 is 15.0 Å². The van der Waals surface area contributed by atoms with Crippen LogP contribution in [0.2, 0.25) is 0 Å². The molecule has 2 aromatic heterocycles. The van der Waals surface area contributed by atoms with E-state index in [0.717, 1.165) is 5.39 Å². The number of pyridine rings is 1. The van der Waals surface area contributed by atoms with E-state index >= 15 is 0 Å². The molecule has 0 amide bonds. The van der Waals surface area contributed by atoms with Crippen molar-refractivity contribution in [3.05, 3.63) is 76.3 Å². The molecular formula is C21H18N4O4. The molecule has 8 heteroatoms. The Morgan fingerprint density at radius 2 is 1.86 bits per heavy atom. The number of ketones is 1. The molecule has 29 heavy (non-hydrogen) atoms. The second-order valence-corrected chi connectivity index (χ2v) is 6.45. The zero-order valence-electron chi connectivity index (χ0n) is 15.9. The van der Waals surface area contributed by atoms with Crippen molar-refractivity contribution in [2.45, 2.75) is 13.5 Å². The number of hydrogen-bond acceptors (Lipinski definition) is 6. The lowest BCUT2D eigenvalue weighted by molar-refractivity contribution is 0.101. The third kappa shape index (κ3) is 3.86. The predicted octanol–water partition coefficient (Wildman–Crippen LogP) is 2.90. The Morgan fingerprint density at radius 1 is 1.10 bits per heavy atom. The number of benzene rings is 2. The molecule has 4 aromatic rings. The molecular weight excluding hydrogens is 372 g/mol. The average molecular weight is 390 g/mol. The Hall–Kier alpha value is -3.94. The number of aromatic nitrogens is 4. The minimum absolute atomic E-state index is 0.00111. The molecule has 0 aliphatic heterocycles. The first kappa shape index (κ1) is 18.4. The van der Waals surface area contributed by atoms with Gasteiger partial charge in [0, 0.05) is 17.0 Å². The van der Waals surface area contributed by atoms with Crippen molar-refractivity contribution in [2.75, 3.05) is 7.11 Å². The summed E-state index contributed by atoms with van der Waals surface area (Å²) in [6.45, 7) is 1.71. The molecule has 0 bridgehead atoms. The molecule has 0 unspecified atom stereocenters. The molecule has 2 heterocycles. The molecule has 0 spiro atoms. The SMILES string of the molecule is COc1ccc2[nH]c(=O)cc(-n3cc(COc4ccc(C(C)=O)cc4)nn3)c2c1. The van der Waals surface area contributed by atoms with E-state index in [1.807, 2.05) is 6.07 Å². The van der Waals surface area contributed by atoms with E-state index in [1.54, 1.807) is 49.7 Å². The van der Waals surface area contributed by atoms with Gasteiger partial charge in [-0.05, 0) is 49.4 Å². The predicted molar refractivity (Wildman–Crippen MR) is 107 cm³/mol. The smallest absolute Gasteiger partial charge is 0.250 e. The van der Waals surface area contributed by atoms with Gasteiger partial charge in [0.1, 0.15) is 23.8 Å². The van der Waals surface area contributed by atoms with E-state index in [0.29, 0.717) is 34.0 Å². The summed E-state index contributed by atoms with van der Waals surface area (Å²) >= 11 is 0. The maximum Gasteiger partial charge on any atom is 0.250 e. The molecule has 0 radical (unpaired) electrons. The number of Topliss-reactive ketones (excluding diaryl/α,β-unsaturated/α-hetero) is 1. The standard InChI is InChI=1S/C21H18N4O4/c1-13(26)14-3-5-16(6-4-14)29-12-15-11-25(24-23-15)20-10-21(27)22-19-8-7-17(28-2)9-18(19)20/h3-11H,12H2,1-2H3,(H,22,27). The Bertz CT molecular complexity index is 1240. The number of H-pyrrole nitrogens is 1. The molecule has 0 aliphatic carbocycles. The summed E-state index contributed by atoms with van der Waals surface area (Å²) in [5, 5.41) is 9.03. The van der Waals surface area contributed by atoms with Crippen molar-refractivity contribution in [1.82, 2.24) is 20.0 Å². The van der Waals surface area contributed by atoms with Gasteiger partial charge in [-0.2, -0.15) is 0 Å².